The van der Waals surface area contributed by atoms with Gasteiger partial charge in [0, 0.05) is 66.0 Å². The molecule has 1 aliphatic heterocycles. The maximum absolute atomic E-state index is 14.5. The molecule has 14 nitrogen and oxygen atoms in total. The summed E-state index contributed by atoms with van der Waals surface area (Å²) in [5.74, 6) is -2.14. The zero-order chi connectivity index (χ0) is 46.2. The van der Waals surface area contributed by atoms with Crippen LogP contribution in [0.4, 0.5) is 0 Å². The normalized spacial score (nSPS) is 18.2. The number of methoxy groups -OCH3 is 2. The van der Waals surface area contributed by atoms with Crippen LogP contribution >= 0.6 is 0 Å². The molecule has 4 N–H and O–H groups in total. The van der Waals surface area contributed by atoms with Gasteiger partial charge in [0.05, 0.1) is 42.7 Å². The second-order valence-electron chi connectivity index (χ2n) is 18.6. The molecule has 5 amide bonds. The molecule has 14 heteroatoms. The average Bonchev–Trinajstić information content (AvgIpc) is 3.21. The van der Waals surface area contributed by atoms with E-state index in [1.807, 2.05) is 106 Å². The second-order valence-corrected chi connectivity index (χ2v) is 18.6. The molecular formula is C47H83N7O7. The number of ether oxygens (including phenoxy) is 2. The number of rotatable bonds is 24. The molecule has 0 aromatic heterocycles. The van der Waals surface area contributed by atoms with Gasteiger partial charge in [0.15, 0.2) is 0 Å². The summed E-state index contributed by atoms with van der Waals surface area (Å²) in [6.07, 6.45) is 0.144. The Morgan fingerprint density at radius 3 is 1.90 bits per heavy atom. The first-order valence-electron chi connectivity index (χ1n) is 22.7. The van der Waals surface area contributed by atoms with Crippen LogP contribution in [-0.4, -0.2) is 146 Å². The first kappa shape index (κ1) is 53.5. The van der Waals surface area contributed by atoms with Crippen LogP contribution in [0, 0.1) is 23.7 Å². The number of benzene rings is 1. The van der Waals surface area contributed by atoms with E-state index in [2.05, 4.69) is 26.2 Å². The monoisotopic (exact) mass is 858 g/mol. The Hall–Kier alpha value is -3.59. The van der Waals surface area contributed by atoms with Crippen LogP contribution in [0.25, 0.3) is 0 Å². The molecule has 1 aliphatic rings. The highest BCUT2D eigenvalue weighted by Gasteiger charge is 2.42. The van der Waals surface area contributed by atoms with Crippen molar-refractivity contribution in [3.8, 4) is 0 Å². The number of hydrogen-bond donors (Lipinski definition) is 4. The van der Waals surface area contributed by atoms with Crippen molar-refractivity contribution in [1.29, 1.82) is 0 Å². The molecule has 1 aromatic rings. The molecule has 2 unspecified atom stereocenters. The fourth-order valence-corrected chi connectivity index (χ4v) is 8.73. The van der Waals surface area contributed by atoms with Gasteiger partial charge in [0.25, 0.3) is 0 Å². The molecule has 1 heterocycles. The van der Waals surface area contributed by atoms with Crippen molar-refractivity contribution >= 4 is 29.5 Å². The molecule has 348 valence electrons. The highest BCUT2D eigenvalue weighted by Crippen LogP contribution is 2.27. The summed E-state index contributed by atoms with van der Waals surface area (Å²) in [5, 5.41) is 12.5. The third-order valence-electron chi connectivity index (χ3n) is 12.2. The molecule has 1 saturated heterocycles. The Labute approximate surface area is 368 Å². The third kappa shape index (κ3) is 15.6. The van der Waals surface area contributed by atoms with Gasteiger partial charge in [0.2, 0.25) is 29.5 Å². The van der Waals surface area contributed by atoms with Gasteiger partial charge in [-0.2, -0.15) is 0 Å². The third-order valence-corrected chi connectivity index (χ3v) is 12.2. The van der Waals surface area contributed by atoms with Gasteiger partial charge in [-0.25, -0.2) is 0 Å². The topological polar surface area (TPSA) is 162 Å². The Morgan fingerprint density at radius 2 is 1.43 bits per heavy atom. The Kier molecular flexibility index (Phi) is 22.4. The minimum Gasteiger partial charge on any atom is -0.379 e. The van der Waals surface area contributed by atoms with Crippen molar-refractivity contribution in [2.75, 3.05) is 54.0 Å². The average molecular weight is 858 g/mol. The Balaban J connectivity index is 2.36. The molecule has 0 spiro atoms. The van der Waals surface area contributed by atoms with Gasteiger partial charge in [-0.05, 0) is 57.4 Å². The van der Waals surface area contributed by atoms with E-state index in [-0.39, 0.29) is 59.8 Å². The number of carbonyl (C=O) groups excluding carboxylic acids is 5. The molecule has 61 heavy (non-hydrogen) atoms. The number of likely N-dealkylation sites (N-methyl/N-ethyl adjacent to an activating group) is 2. The lowest BCUT2D eigenvalue weighted by Gasteiger charge is -2.42. The van der Waals surface area contributed by atoms with Gasteiger partial charge >= 0.3 is 0 Å². The largest absolute Gasteiger partial charge is 0.379 e. The molecule has 0 bridgehead atoms. The van der Waals surface area contributed by atoms with Crippen LogP contribution in [0.15, 0.2) is 30.3 Å². The van der Waals surface area contributed by atoms with Gasteiger partial charge in [0.1, 0.15) is 12.1 Å². The molecule has 0 saturated carbocycles. The molecule has 1 aromatic carbocycles. The summed E-state index contributed by atoms with van der Waals surface area (Å²) in [6, 6.07) is 6.61. The van der Waals surface area contributed by atoms with Crippen LogP contribution in [0.5, 0.6) is 0 Å². The molecule has 0 aliphatic carbocycles. The van der Waals surface area contributed by atoms with E-state index in [0.29, 0.717) is 19.4 Å². The highest BCUT2D eigenvalue weighted by atomic mass is 16.5. The van der Waals surface area contributed by atoms with Crippen molar-refractivity contribution in [1.82, 2.24) is 36.0 Å². The maximum Gasteiger partial charge on any atom is 0.245 e. The van der Waals surface area contributed by atoms with E-state index >= 15 is 0 Å². The van der Waals surface area contributed by atoms with E-state index in [0.717, 1.165) is 38.2 Å². The zero-order valence-electron chi connectivity index (χ0n) is 40.3. The lowest BCUT2D eigenvalue weighted by atomic mass is 9.89. The number of nitrogens with zero attached hydrogens (tertiary/aromatic N) is 3. The van der Waals surface area contributed by atoms with Crippen molar-refractivity contribution in [3.05, 3.63) is 35.9 Å². The van der Waals surface area contributed by atoms with Crippen LogP contribution in [-0.2, 0) is 39.9 Å². The smallest absolute Gasteiger partial charge is 0.245 e. The Morgan fingerprint density at radius 1 is 0.820 bits per heavy atom. The summed E-state index contributed by atoms with van der Waals surface area (Å²) in [4.78, 5) is 76.1. The number of piperazine rings is 1. The summed E-state index contributed by atoms with van der Waals surface area (Å²) in [7, 11) is 4.85. The van der Waals surface area contributed by atoms with Crippen molar-refractivity contribution < 1.29 is 33.4 Å². The predicted octanol–water partition coefficient (Wildman–Crippen LogP) is 4.26. The van der Waals surface area contributed by atoms with Crippen LogP contribution in [0.2, 0.25) is 0 Å². The van der Waals surface area contributed by atoms with Crippen LogP contribution < -0.4 is 21.3 Å². The van der Waals surface area contributed by atoms with Crippen molar-refractivity contribution in [3.63, 3.8) is 0 Å². The van der Waals surface area contributed by atoms with E-state index in [1.165, 1.54) is 7.11 Å². The summed E-state index contributed by atoms with van der Waals surface area (Å²) >= 11 is 0. The molecule has 0 radical (unpaired) electrons. The van der Waals surface area contributed by atoms with Crippen molar-refractivity contribution in [2.24, 2.45) is 23.7 Å². The minimum absolute atomic E-state index is 0.0201. The maximum atomic E-state index is 14.5. The van der Waals surface area contributed by atoms with Gasteiger partial charge < -0.3 is 40.5 Å². The van der Waals surface area contributed by atoms with Crippen molar-refractivity contribution in [2.45, 2.75) is 157 Å². The quantitative estimate of drug-likeness (QED) is 0.119. The molecule has 1 fully saturated rings. The van der Waals surface area contributed by atoms with Crippen LogP contribution in [0.3, 0.4) is 0 Å². The lowest BCUT2D eigenvalue weighted by molar-refractivity contribution is -0.149. The SMILES string of the molecule is CC[C@H](C)[C@@H](C(CC(=O)N(CC)[C@@H](CC)[C@H](OC)[C@@H](C)C(=O)NC(Cc1ccccc1)C(=O)NC(C)(C)C)OC)N(C)C(=O)[C@@H](NC(=O)[C@H](C(C)C)N1CCNCC1)C(C)C. The lowest BCUT2D eigenvalue weighted by Crippen LogP contribution is -2.61. The number of hydrogen-bond acceptors (Lipinski definition) is 9. The van der Waals surface area contributed by atoms with E-state index in [1.54, 1.807) is 30.9 Å². The molecule has 2 rings (SSSR count). The standard InChI is InChI=1S/C47H83N7O7/c1-16-32(8)41(52(13)46(59)39(30(4)5)50-45(58)40(31(6)7)53-26-24-48-25-27-53)37(60-14)29-38(55)54(18-3)36(17-2)42(61-15)33(9)43(56)49-35(44(57)51-47(10,11)12)28-34-22-20-19-21-23-34/h19-23,30-33,35-37,39-42,48H,16-18,24-29H2,1-15H3,(H,49,56)(H,50,58)(H,51,57)/t32-,33+,35?,36-,37?,39-,40-,41-,42+/m0/s1. The number of nitrogens with one attached hydrogen (secondary N) is 4. The first-order valence-corrected chi connectivity index (χ1v) is 22.7. The fraction of sp³-hybridized carbons (Fsp3) is 0.766. The molecule has 9 atom stereocenters. The summed E-state index contributed by atoms with van der Waals surface area (Å²) in [6.45, 7) is 26.8. The van der Waals surface area contributed by atoms with E-state index < -0.39 is 47.8 Å². The minimum atomic E-state index is -0.829. The zero-order valence-corrected chi connectivity index (χ0v) is 40.3. The van der Waals surface area contributed by atoms with Gasteiger partial charge in [-0.3, -0.25) is 28.9 Å². The van der Waals surface area contributed by atoms with Crippen LogP contribution in [0.1, 0.15) is 108 Å². The fourth-order valence-electron chi connectivity index (χ4n) is 8.73. The Bertz CT molecular complexity index is 1510. The highest BCUT2D eigenvalue weighted by molar-refractivity contribution is 5.91. The molecular weight excluding hydrogens is 775 g/mol. The van der Waals surface area contributed by atoms with E-state index in [9.17, 15) is 24.0 Å². The van der Waals surface area contributed by atoms with Gasteiger partial charge in [-0.15, -0.1) is 0 Å². The predicted molar refractivity (Wildman–Crippen MR) is 243 cm³/mol. The van der Waals surface area contributed by atoms with E-state index in [4.69, 9.17) is 9.47 Å². The number of amides is 5. The summed E-state index contributed by atoms with van der Waals surface area (Å²) < 4.78 is 12.1. The summed E-state index contributed by atoms with van der Waals surface area (Å²) in [5.41, 5.74) is 0.407. The second kappa shape index (κ2) is 25.5. The first-order chi connectivity index (χ1) is 28.7. The number of carbonyl (C=O) groups is 5. The van der Waals surface area contributed by atoms with Gasteiger partial charge in [-0.1, -0.05) is 92.1 Å².